The largest absolute Gasteiger partial charge is 0.389 e. The third-order valence-corrected chi connectivity index (χ3v) is 3.30. The van der Waals surface area contributed by atoms with Crippen molar-refractivity contribution < 1.29 is 4.21 Å². The molecule has 6 heteroatoms. The van der Waals surface area contributed by atoms with Crippen LogP contribution in [0, 0.1) is 0 Å². The van der Waals surface area contributed by atoms with Crippen molar-refractivity contribution in [3.05, 3.63) is 6.20 Å². The van der Waals surface area contributed by atoms with Crippen molar-refractivity contribution >= 4 is 32.3 Å². The molecule has 1 aromatic heterocycles. The number of thiazole rings is 1. The second-order valence-corrected chi connectivity index (χ2v) is 5.80. The molecule has 0 fully saturated rings. The fourth-order valence-corrected chi connectivity index (χ4v) is 2.36. The van der Waals surface area contributed by atoms with Crippen LogP contribution in [0.3, 0.4) is 0 Å². The first-order valence-electron chi connectivity index (χ1n) is 4.36. The fraction of sp³-hybridized carbons (Fsp3) is 0.625. The van der Waals surface area contributed by atoms with Crippen LogP contribution >= 0.6 is 11.3 Å². The average molecular weight is 233 g/mol. The fourth-order valence-electron chi connectivity index (χ4n) is 0.979. The molecule has 0 radical (unpaired) electrons. The Labute approximate surface area is 90.4 Å². The number of nitrogens with one attached hydrogen (secondary N) is 1. The van der Waals surface area contributed by atoms with Crippen LogP contribution in [0.15, 0.2) is 6.20 Å². The Morgan fingerprint density at radius 3 is 3.00 bits per heavy atom. The van der Waals surface area contributed by atoms with Gasteiger partial charge in [0.1, 0.15) is 5.00 Å². The van der Waals surface area contributed by atoms with E-state index in [1.807, 2.05) is 6.92 Å². The Morgan fingerprint density at radius 2 is 2.50 bits per heavy atom. The molecule has 80 valence electrons. The molecule has 2 atom stereocenters. The molecule has 3 N–H and O–H groups in total. The van der Waals surface area contributed by atoms with E-state index in [-0.39, 0.29) is 6.04 Å². The Bertz CT molecular complexity index is 313. The van der Waals surface area contributed by atoms with Crippen molar-refractivity contribution in [2.45, 2.75) is 19.4 Å². The Morgan fingerprint density at radius 1 is 1.79 bits per heavy atom. The molecule has 0 aromatic carbocycles. The SMILES string of the molecule is CC(CCS(C)=O)Nc1ncc(N)s1. The first-order chi connectivity index (χ1) is 6.58. The van der Waals surface area contributed by atoms with Crippen molar-refractivity contribution in [2.75, 3.05) is 23.1 Å². The van der Waals surface area contributed by atoms with Gasteiger partial charge in [-0.25, -0.2) is 4.98 Å². The van der Waals surface area contributed by atoms with Gasteiger partial charge in [-0.3, -0.25) is 4.21 Å². The zero-order valence-electron chi connectivity index (χ0n) is 8.32. The van der Waals surface area contributed by atoms with E-state index in [0.29, 0.717) is 5.00 Å². The highest BCUT2D eigenvalue weighted by Crippen LogP contribution is 2.20. The van der Waals surface area contributed by atoms with Crippen LogP contribution < -0.4 is 11.1 Å². The normalized spacial score (nSPS) is 15.0. The summed E-state index contributed by atoms with van der Waals surface area (Å²) in [4.78, 5) is 4.09. The van der Waals surface area contributed by atoms with E-state index in [1.54, 1.807) is 12.5 Å². The van der Waals surface area contributed by atoms with Gasteiger partial charge in [0.15, 0.2) is 5.13 Å². The Kier molecular flexibility index (Phi) is 4.34. The molecule has 0 saturated carbocycles. The van der Waals surface area contributed by atoms with Gasteiger partial charge in [0, 0.05) is 28.9 Å². The predicted octanol–water partition coefficient (Wildman–Crippen LogP) is 1.29. The molecule has 4 nitrogen and oxygen atoms in total. The zero-order chi connectivity index (χ0) is 10.6. The molecule has 1 rings (SSSR count). The van der Waals surface area contributed by atoms with Crippen LogP contribution in [0.25, 0.3) is 0 Å². The number of anilines is 2. The standard InChI is InChI=1S/C8H15N3OS2/c1-6(3-4-14(2)12)11-8-10-5-7(9)13-8/h5-6H,3-4,9H2,1-2H3,(H,10,11). The van der Waals surface area contributed by atoms with E-state index in [4.69, 9.17) is 5.73 Å². The Hall–Kier alpha value is -0.620. The van der Waals surface area contributed by atoms with Crippen LogP contribution in [-0.4, -0.2) is 27.2 Å². The molecular weight excluding hydrogens is 218 g/mol. The van der Waals surface area contributed by atoms with Gasteiger partial charge in [0.05, 0.1) is 6.20 Å². The highest BCUT2D eigenvalue weighted by atomic mass is 32.2. The number of hydrogen-bond acceptors (Lipinski definition) is 5. The average Bonchev–Trinajstić information content (AvgIpc) is 2.48. The van der Waals surface area contributed by atoms with Crippen molar-refractivity contribution in [1.82, 2.24) is 4.98 Å². The summed E-state index contributed by atoms with van der Waals surface area (Å²) in [5, 5.41) is 4.75. The molecule has 0 aliphatic heterocycles. The van der Waals surface area contributed by atoms with E-state index in [0.717, 1.165) is 17.3 Å². The highest BCUT2D eigenvalue weighted by molar-refractivity contribution is 7.84. The van der Waals surface area contributed by atoms with Gasteiger partial charge in [-0.05, 0) is 13.3 Å². The quantitative estimate of drug-likeness (QED) is 0.804. The van der Waals surface area contributed by atoms with Crippen LogP contribution in [-0.2, 0) is 10.8 Å². The predicted molar refractivity (Wildman–Crippen MR) is 63.2 cm³/mol. The van der Waals surface area contributed by atoms with E-state index in [9.17, 15) is 4.21 Å². The smallest absolute Gasteiger partial charge is 0.184 e. The minimum atomic E-state index is -0.721. The van der Waals surface area contributed by atoms with Crippen LogP contribution in [0.4, 0.5) is 10.1 Å². The third-order valence-electron chi connectivity index (χ3n) is 1.73. The summed E-state index contributed by atoms with van der Waals surface area (Å²) < 4.78 is 10.9. The van der Waals surface area contributed by atoms with Crippen LogP contribution in [0.1, 0.15) is 13.3 Å². The van der Waals surface area contributed by atoms with Gasteiger partial charge in [0.2, 0.25) is 0 Å². The van der Waals surface area contributed by atoms with E-state index < -0.39 is 10.8 Å². The van der Waals surface area contributed by atoms with E-state index in [2.05, 4.69) is 10.3 Å². The van der Waals surface area contributed by atoms with Gasteiger partial charge in [-0.15, -0.1) is 0 Å². The molecule has 2 unspecified atom stereocenters. The molecule has 1 aromatic rings. The maximum Gasteiger partial charge on any atom is 0.184 e. The first-order valence-corrected chi connectivity index (χ1v) is 6.90. The number of rotatable bonds is 5. The second-order valence-electron chi connectivity index (χ2n) is 3.18. The summed E-state index contributed by atoms with van der Waals surface area (Å²) in [5.41, 5.74) is 5.54. The van der Waals surface area contributed by atoms with Crippen LogP contribution in [0.2, 0.25) is 0 Å². The van der Waals surface area contributed by atoms with Crippen LogP contribution in [0.5, 0.6) is 0 Å². The lowest BCUT2D eigenvalue weighted by atomic mass is 10.3. The molecule has 0 aliphatic rings. The maximum absolute atomic E-state index is 10.9. The minimum Gasteiger partial charge on any atom is -0.389 e. The number of hydrogen-bond donors (Lipinski definition) is 2. The van der Waals surface area contributed by atoms with E-state index in [1.165, 1.54) is 11.3 Å². The third kappa shape index (κ3) is 4.06. The second kappa shape index (κ2) is 5.31. The maximum atomic E-state index is 10.9. The summed E-state index contributed by atoms with van der Waals surface area (Å²) in [6.45, 7) is 2.05. The molecule has 0 bridgehead atoms. The lowest BCUT2D eigenvalue weighted by molar-refractivity contribution is 0.678. The molecule has 0 saturated heterocycles. The zero-order valence-corrected chi connectivity index (χ0v) is 9.95. The minimum absolute atomic E-state index is 0.282. The number of nitrogens with two attached hydrogens (primary N) is 1. The van der Waals surface area contributed by atoms with Crippen molar-refractivity contribution in [3.63, 3.8) is 0 Å². The molecule has 14 heavy (non-hydrogen) atoms. The number of aromatic nitrogens is 1. The van der Waals surface area contributed by atoms with Gasteiger partial charge in [-0.2, -0.15) is 0 Å². The summed E-state index contributed by atoms with van der Waals surface area (Å²) in [6.07, 6.45) is 4.23. The topological polar surface area (TPSA) is 68.0 Å². The van der Waals surface area contributed by atoms with Gasteiger partial charge in [0.25, 0.3) is 0 Å². The lowest BCUT2D eigenvalue weighted by Gasteiger charge is -2.11. The molecule has 0 aliphatic carbocycles. The molecule has 0 spiro atoms. The summed E-state index contributed by atoms with van der Waals surface area (Å²) in [6, 6.07) is 0.282. The number of nitrogens with zero attached hydrogens (tertiary/aromatic N) is 1. The van der Waals surface area contributed by atoms with Gasteiger partial charge < -0.3 is 11.1 Å². The van der Waals surface area contributed by atoms with Gasteiger partial charge in [-0.1, -0.05) is 11.3 Å². The monoisotopic (exact) mass is 233 g/mol. The summed E-state index contributed by atoms with van der Waals surface area (Å²) >= 11 is 1.43. The molecular formula is C8H15N3OS2. The summed E-state index contributed by atoms with van der Waals surface area (Å²) in [5.74, 6) is 0.717. The van der Waals surface area contributed by atoms with Crippen molar-refractivity contribution in [1.29, 1.82) is 0 Å². The molecule has 0 amide bonds. The number of nitrogen functional groups attached to an aromatic ring is 1. The lowest BCUT2D eigenvalue weighted by Crippen LogP contribution is -2.17. The first kappa shape index (κ1) is 11.5. The molecule has 1 heterocycles. The van der Waals surface area contributed by atoms with Crippen molar-refractivity contribution in [3.8, 4) is 0 Å². The Balaban J connectivity index is 2.33. The summed E-state index contributed by atoms with van der Waals surface area (Å²) in [7, 11) is -0.721. The van der Waals surface area contributed by atoms with E-state index >= 15 is 0 Å². The van der Waals surface area contributed by atoms with Crippen molar-refractivity contribution in [2.24, 2.45) is 0 Å². The van der Waals surface area contributed by atoms with Gasteiger partial charge >= 0.3 is 0 Å². The highest BCUT2D eigenvalue weighted by Gasteiger charge is 2.05.